The monoisotopic (exact) mass is 333 g/mol. The number of aromatic nitrogens is 4. The first-order valence-electron chi connectivity index (χ1n) is 7.39. The number of ether oxygens (including phenoxy) is 1. The van der Waals surface area contributed by atoms with Crippen molar-refractivity contribution in [2.24, 2.45) is 0 Å². The predicted molar refractivity (Wildman–Crippen MR) is 80.9 cm³/mol. The van der Waals surface area contributed by atoms with Crippen LogP contribution >= 0.6 is 0 Å². The zero-order valence-corrected chi connectivity index (χ0v) is 12.4. The van der Waals surface area contributed by atoms with Gasteiger partial charge in [0.05, 0.1) is 12.0 Å². The smallest absolute Gasteiger partial charge is 0.318 e. The fraction of sp³-hybridized carbons (Fsp3) is 0.267. The van der Waals surface area contributed by atoms with Crippen molar-refractivity contribution in [2.75, 3.05) is 11.9 Å². The van der Waals surface area contributed by atoms with Crippen molar-refractivity contribution in [2.45, 2.75) is 19.1 Å². The molecule has 1 aliphatic heterocycles. The summed E-state index contributed by atoms with van der Waals surface area (Å²) < 4.78 is 34.1. The molecule has 1 aromatic carbocycles. The Hall–Kier alpha value is -2.81. The zero-order valence-electron chi connectivity index (χ0n) is 12.4. The molecule has 0 amide bonds. The highest BCUT2D eigenvalue weighted by molar-refractivity contribution is 5.85. The molecule has 1 aliphatic rings. The Bertz CT molecular complexity index is 908. The van der Waals surface area contributed by atoms with E-state index in [1.54, 1.807) is 10.9 Å². The number of fused-ring (bicyclic) bond motifs is 1. The molecule has 1 unspecified atom stereocenters. The number of hydrogen-bond donors (Lipinski definition) is 2. The van der Waals surface area contributed by atoms with Crippen LogP contribution in [0, 0.1) is 11.6 Å². The van der Waals surface area contributed by atoms with Crippen molar-refractivity contribution < 1.29 is 18.6 Å². The second kappa shape index (κ2) is 5.68. The standard InChI is InChI=1S/C15H13F2N5O2/c16-8-3-4-10(9(17)6-8)19-13-12-14(21-15(23)20-13)22(7-18-12)11-2-1-5-24-11/h3-4,6-7,11H,1-2,5H2,(H2,19,20,21,23). The maximum absolute atomic E-state index is 13.8. The Labute approximate surface area is 134 Å². The van der Waals surface area contributed by atoms with Crippen LogP contribution in [0.2, 0.25) is 0 Å². The van der Waals surface area contributed by atoms with Crippen LogP contribution in [0.15, 0.2) is 24.5 Å². The summed E-state index contributed by atoms with van der Waals surface area (Å²) in [4.78, 5) is 12.1. The van der Waals surface area contributed by atoms with Crippen LogP contribution in [0.1, 0.15) is 19.1 Å². The lowest BCUT2D eigenvalue weighted by atomic mass is 10.3. The van der Waals surface area contributed by atoms with Gasteiger partial charge in [0.2, 0.25) is 0 Å². The molecule has 2 aromatic heterocycles. The van der Waals surface area contributed by atoms with E-state index >= 15 is 0 Å². The van der Waals surface area contributed by atoms with Crippen molar-refractivity contribution in [3.63, 3.8) is 0 Å². The third kappa shape index (κ3) is 2.52. The number of nitrogens with one attached hydrogen (secondary N) is 1. The maximum Gasteiger partial charge on any atom is 0.318 e. The van der Waals surface area contributed by atoms with Crippen LogP contribution in [0.4, 0.5) is 20.3 Å². The van der Waals surface area contributed by atoms with E-state index < -0.39 is 17.6 Å². The molecule has 0 saturated carbocycles. The summed E-state index contributed by atoms with van der Waals surface area (Å²) in [5.41, 5.74) is 0.744. The van der Waals surface area contributed by atoms with Gasteiger partial charge in [0.15, 0.2) is 17.0 Å². The topological polar surface area (TPSA) is 85.1 Å². The van der Waals surface area contributed by atoms with Crippen LogP contribution in [0.25, 0.3) is 11.2 Å². The number of hydrogen-bond acceptors (Lipinski definition) is 6. The summed E-state index contributed by atoms with van der Waals surface area (Å²) >= 11 is 0. The van der Waals surface area contributed by atoms with Gasteiger partial charge in [-0.15, -0.1) is 0 Å². The molecule has 0 spiro atoms. The molecular weight excluding hydrogens is 320 g/mol. The molecule has 24 heavy (non-hydrogen) atoms. The van der Waals surface area contributed by atoms with Crippen molar-refractivity contribution >= 4 is 22.7 Å². The first-order valence-corrected chi connectivity index (χ1v) is 7.39. The normalized spacial score (nSPS) is 17.5. The number of nitrogens with zero attached hydrogens (tertiary/aromatic N) is 4. The number of imidazole rings is 1. The van der Waals surface area contributed by atoms with Gasteiger partial charge in [-0.05, 0) is 25.0 Å². The van der Waals surface area contributed by atoms with E-state index in [-0.39, 0.29) is 17.7 Å². The van der Waals surface area contributed by atoms with Gasteiger partial charge in [-0.1, -0.05) is 0 Å². The fourth-order valence-corrected chi connectivity index (χ4v) is 2.70. The molecule has 0 bridgehead atoms. The summed E-state index contributed by atoms with van der Waals surface area (Å²) in [6.07, 6.45) is 3.07. The molecule has 0 aliphatic carbocycles. The summed E-state index contributed by atoms with van der Waals surface area (Å²) in [5.74, 6) is -1.34. The Kier molecular flexibility index (Phi) is 3.49. The second-order valence-electron chi connectivity index (χ2n) is 5.41. The average molecular weight is 333 g/mol. The highest BCUT2D eigenvalue weighted by Gasteiger charge is 2.22. The lowest BCUT2D eigenvalue weighted by Crippen LogP contribution is -2.07. The van der Waals surface area contributed by atoms with Gasteiger partial charge in [0.25, 0.3) is 0 Å². The molecule has 9 heteroatoms. The molecule has 0 radical (unpaired) electrons. The quantitative estimate of drug-likeness (QED) is 0.767. The SMILES string of the molecule is Oc1nc(Nc2ccc(F)cc2F)c2ncn(C3CCCO3)c2n1. The third-order valence-electron chi connectivity index (χ3n) is 3.81. The maximum atomic E-state index is 13.8. The molecule has 2 N–H and O–H groups in total. The summed E-state index contributed by atoms with van der Waals surface area (Å²) in [6, 6.07) is 2.64. The Morgan fingerprint density at radius 1 is 1.29 bits per heavy atom. The summed E-state index contributed by atoms with van der Waals surface area (Å²) in [6.45, 7) is 0.646. The van der Waals surface area contributed by atoms with Gasteiger partial charge in [0.1, 0.15) is 17.9 Å². The van der Waals surface area contributed by atoms with Gasteiger partial charge in [-0.2, -0.15) is 9.97 Å². The summed E-state index contributed by atoms with van der Waals surface area (Å²) in [7, 11) is 0. The van der Waals surface area contributed by atoms with Gasteiger partial charge in [-0.25, -0.2) is 13.8 Å². The van der Waals surface area contributed by atoms with E-state index in [9.17, 15) is 13.9 Å². The molecule has 3 aromatic rings. The van der Waals surface area contributed by atoms with E-state index in [2.05, 4.69) is 20.3 Å². The Balaban J connectivity index is 1.77. The lowest BCUT2D eigenvalue weighted by molar-refractivity contribution is 0.0592. The second-order valence-corrected chi connectivity index (χ2v) is 5.41. The van der Waals surface area contributed by atoms with Crippen LogP contribution in [0.3, 0.4) is 0 Å². The minimum Gasteiger partial charge on any atom is -0.479 e. The molecule has 1 fully saturated rings. The highest BCUT2D eigenvalue weighted by atomic mass is 19.1. The van der Waals surface area contributed by atoms with Crippen LogP contribution in [0.5, 0.6) is 6.01 Å². The van der Waals surface area contributed by atoms with Crippen molar-refractivity contribution in [3.05, 3.63) is 36.2 Å². The molecule has 124 valence electrons. The fourth-order valence-electron chi connectivity index (χ4n) is 2.70. The lowest BCUT2D eigenvalue weighted by Gasteiger charge is -2.12. The average Bonchev–Trinajstić information content (AvgIpc) is 3.18. The van der Waals surface area contributed by atoms with Crippen LogP contribution in [-0.4, -0.2) is 31.2 Å². The summed E-state index contributed by atoms with van der Waals surface area (Å²) in [5, 5.41) is 12.5. The van der Waals surface area contributed by atoms with Crippen LogP contribution < -0.4 is 5.32 Å². The van der Waals surface area contributed by atoms with Gasteiger partial charge < -0.3 is 15.2 Å². The number of halogens is 2. The minimum absolute atomic E-state index is 0.0162. The van der Waals surface area contributed by atoms with E-state index in [1.807, 2.05) is 0 Å². The molecule has 4 rings (SSSR count). The predicted octanol–water partition coefficient (Wildman–Crippen LogP) is 2.86. The van der Waals surface area contributed by atoms with Crippen molar-refractivity contribution in [1.82, 2.24) is 19.5 Å². The molecular formula is C15H13F2N5O2. The Morgan fingerprint density at radius 2 is 2.17 bits per heavy atom. The zero-order chi connectivity index (χ0) is 16.7. The van der Waals surface area contributed by atoms with Gasteiger partial charge in [-0.3, -0.25) is 4.57 Å². The minimum atomic E-state index is -0.778. The van der Waals surface area contributed by atoms with E-state index in [0.29, 0.717) is 17.8 Å². The van der Waals surface area contributed by atoms with E-state index in [1.165, 1.54) is 6.07 Å². The molecule has 7 nitrogen and oxygen atoms in total. The first-order chi connectivity index (χ1) is 11.6. The molecule has 1 saturated heterocycles. The highest BCUT2D eigenvalue weighted by Crippen LogP contribution is 2.30. The molecule has 1 atom stereocenters. The van der Waals surface area contributed by atoms with Crippen molar-refractivity contribution in [1.29, 1.82) is 0 Å². The number of aromatic hydroxyl groups is 1. The number of benzene rings is 1. The van der Waals surface area contributed by atoms with E-state index in [0.717, 1.165) is 25.0 Å². The largest absolute Gasteiger partial charge is 0.479 e. The Morgan fingerprint density at radius 3 is 2.92 bits per heavy atom. The van der Waals surface area contributed by atoms with E-state index in [4.69, 9.17) is 4.74 Å². The van der Waals surface area contributed by atoms with Crippen molar-refractivity contribution in [3.8, 4) is 6.01 Å². The first kappa shape index (κ1) is 14.8. The van der Waals surface area contributed by atoms with Crippen LogP contribution in [-0.2, 0) is 4.74 Å². The number of anilines is 2. The van der Waals surface area contributed by atoms with Gasteiger partial charge in [0, 0.05) is 12.7 Å². The third-order valence-corrected chi connectivity index (χ3v) is 3.81. The molecule has 3 heterocycles. The number of rotatable bonds is 3. The van der Waals surface area contributed by atoms with Gasteiger partial charge >= 0.3 is 6.01 Å².